The number of fused-ring (bicyclic) bond motifs is 1. The van der Waals surface area contributed by atoms with Crippen molar-refractivity contribution in [2.75, 3.05) is 4.90 Å². The predicted octanol–water partition coefficient (Wildman–Crippen LogP) is 9.16. The van der Waals surface area contributed by atoms with Gasteiger partial charge in [-0.15, -0.1) is 0 Å². The number of hydrogen-bond acceptors (Lipinski definition) is 2. The molecule has 6 atom stereocenters. The van der Waals surface area contributed by atoms with Crippen molar-refractivity contribution in [2.24, 2.45) is 35.5 Å². The third-order valence-corrected chi connectivity index (χ3v) is 9.45. The molecular formula is C33H49NO. The summed E-state index contributed by atoms with van der Waals surface area (Å²) in [5.41, 5.74) is 2.24. The number of rotatable bonds is 7. The van der Waals surface area contributed by atoms with E-state index >= 15 is 0 Å². The highest BCUT2D eigenvalue weighted by molar-refractivity contribution is 6.00. The number of carbonyl (C=O) groups is 1. The van der Waals surface area contributed by atoms with E-state index in [-0.39, 0.29) is 5.78 Å². The third-order valence-electron chi connectivity index (χ3n) is 9.45. The molecule has 0 aromatic heterocycles. The van der Waals surface area contributed by atoms with Gasteiger partial charge in [-0.25, -0.2) is 0 Å². The Labute approximate surface area is 214 Å². The SMILES string of the molecule is CCC(=O)c1ccc2cc(N(C3CC(C)CCC3C(C)C)C3CC(C)CCC3C(C)C)ccc2c1. The van der Waals surface area contributed by atoms with Crippen molar-refractivity contribution in [3.63, 3.8) is 0 Å². The van der Waals surface area contributed by atoms with E-state index in [9.17, 15) is 4.79 Å². The number of Topliss-reactive ketones (excluding diaryl/α,β-unsaturated/α-hetero) is 1. The quantitative estimate of drug-likeness (QED) is 0.372. The molecule has 0 aliphatic heterocycles. The van der Waals surface area contributed by atoms with Crippen LogP contribution in [0.1, 0.15) is 104 Å². The summed E-state index contributed by atoms with van der Waals surface area (Å²) in [6.45, 7) is 16.7. The number of nitrogens with zero attached hydrogens (tertiary/aromatic N) is 1. The Kier molecular flexibility index (Phi) is 8.29. The van der Waals surface area contributed by atoms with Gasteiger partial charge in [-0.1, -0.05) is 79.5 Å². The standard InChI is InChI=1S/C33H49NO/c1-8-33(35)27-12-11-26-20-28(14-13-25(26)19-27)34(31-17-23(6)9-15-29(31)21(2)3)32-18-24(7)10-16-30(32)22(4)5/h11-14,19-24,29-32H,8-10,15-18H2,1-7H3. The van der Waals surface area contributed by atoms with E-state index in [0.29, 0.717) is 30.3 Å². The van der Waals surface area contributed by atoms with Crippen molar-refractivity contribution in [2.45, 2.75) is 105 Å². The van der Waals surface area contributed by atoms with E-state index in [4.69, 9.17) is 0 Å². The van der Waals surface area contributed by atoms with Gasteiger partial charge in [-0.3, -0.25) is 4.79 Å². The van der Waals surface area contributed by atoms with Gasteiger partial charge in [0.15, 0.2) is 5.78 Å². The second-order valence-electron chi connectivity index (χ2n) is 12.7. The van der Waals surface area contributed by atoms with Gasteiger partial charge in [-0.05, 0) is 90.2 Å². The number of ketones is 1. The summed E-state index contributed by atoms with van der Waals surface area (Å²) in [4.78, 5) is 15.2. The van der Waals surface area contributed by atoms with Crippen molar-refractivity contribution in [1.29, 1.82) is 0 Å². The van der Waals surface area contributed by atoms with Crippen LogP contribution in [-0.4, -0.2) is 17.9 Å². The predicted molar refractivity (Wildman–Crippen MR) is 151 cm³/mol. The van der Waals surface area contributed by atoms with Crippen molar-refractivity contribution in [3.8, 4) is 0 Å². The summed E-state index contributed by atoms with van der Waals surface area (Å²) < 4.78 is 0. The molecule has 2 aromatic carbocycles. The molecule has 0 radical (unpaired) electrons. The highest BCUT2D eigenvalue weighted by atomic mass is 16.1. The molecule has 0 bridgehead atoms. The van der Waals surface area contributed by atoms with Crippen molar-refractivity contribution >= 4 is 22.2 Å². The molecule has 35 heavy (non-hydrogen) atoms. The second-order valence-corrected chi connectivity index (χ2v) is 12.7. The van der Waals surface area contributed by atoms with Crippen LogP contribution in [-0.2, 0) is 0 Å². The minimum absolute atomic E-state index is 0.226. The van der Waals surface area contributed by atoms with E-state index in [1.165, 1.54) is 55.0 Å². The molecule has 2 saturated carbocycles. The molecule has 0 spiro atoms. The van der Waals surface area contributed by atoms with Crippen LogP contribution >= 0.6 is 0 Å². The minimum atomic E-state index is 0.226. The summed E-state index contributed by atoms with van der Waals surface area (Å²) in [6, 6.07) is 14.6. The first-order valence-electron chi connectivity index (χ1n) is 14.5. The Hall–Kier alpha value is -1.83. The fraction of sp³-hybridized carbons (Fsp3) is 0.667. The zero-order valence-corrected chi connectivity index (χ0v) is 23.4. The largest absolute Gasteiger partial charge is 0.365 e. The Morgan fingerprint density at radius 1 is 0.800 bits per heavy atom. The Balaban J connectivity index is 1.81. The van der Waals surface area contributed by atoms with E-state index in [1.807, 2.05) is 13.0 Å². The fourth-order valence-electron chi connectivity index (χ4n) is 7.34. The highest BCUT2D eigenvalue weighted by Gasteiger charge is 2.42. The molecular weight excluding hydrogens is 426 g/mol. The van der Waals surface area contributed by atoms with Crippen molar-refractivity contribution in [3.05, 3.63) is 42.0 Å². The van der Waals surface area contributed by atoms with Crippen LogP contribution in [0.15, 0.2) is 36.4 Å². The van der Waals surface area contributed by atoms with Crippen LogP contribution in [0.25, 0.3) is 10.8 Å². The average Bonchev–Trinajstić information content (AvgIpc) is 2.83. The Morgan fingerprint density at radius 3 is 1.83 bits per heavy atom. The van der Waals surface area contributed by atoms with E-state index in [2.05, 4.69) is 76.8 Å². The van der Waals surface area contributed by atoms with Crippen molar-refractivity contribution in [1.82, 2.24) is 0 Å². The number of anilines is 1. The van der Waals surface area contributed by atoms with Gasteiger partial charge in [0.2, 0.25) is 0 Å². The van der Waals surface area contributed by atoms with Crippen LogP contribution in [0, 0.1) is 35.5 Å². The molecule has 2 aromatic rings. The minimum Gasteiger partial charge on any atom is -0.365 e. The molecule has 2 aliphatic carbocycles. The first-order valence-corrected chi connectivity index (χ1v) is 14.5. The molecule has 0 amide bonds. The van der Waals surface area contributed by atoms with Gasteiger partial charge in [-0.2, -0.15) is 0 Å². The molecule has 4 rings (SSSR count). The first kappa shape index (κ1) is 26.2. The molecule has 0 saturated heterocycles. The zero-order valence-electron chi connectivity index (χ0n) is 23.4. The average molecular weight is 476 g/mol. The number of carbonyl (C=O) groups excluding carboxylic acids is 1. The number of hydrogen-bond donors (Lipinski definition) is 0. The Morgan fingerprint density at radius 2 is 1.31 bits per heavy atom. The van der Waals surface area contributed by atoms with Crippen LogP contribution < -0.4 is 4.90 Å². The highest BCUT2D eigenvalue weighted by Crippen LogP contribution is 2.45. The molecule has 192 valence electrons. The fourth-order valence-corrected chi connectivity index (χ4v) is 7.34. The summed E-state index contributed by atoms with van der Waals surface area (Å²) in [6.07, 6.45) is 8.61. The van der Waals surface area contributed by atoms with Gasteiger partial charge in [0.05, 0.1) is 0 Å². The summed E-state index contributed by atoms with van der Waals surface area (Å²) in [5.74, 6) is 4.71. The second kappa shape index (κ2) is 11.1. The van der Waals surface area contributed by atoms with Gasteiger partial charge in [0, 0.05) is 29.8 Å². The van der Waals surface area contributed by atoms with Crippen LogP contribution in [0.2, 0.25) is 0 Å². The van der Waals surface area contributed by atoms with Gasteiger partial charge in [0.1, 0.15) is 0 Å². The molecule has 2 aliphatic rings. The maximum atomic E-state index is 12.3. The van der Waals surface area contributed by atoms with Crippen molar-refractivity contribution < 1.29 is 4.79 Å². The zero-order chi connectivity index (χ0) is 25.3. The first-order chi connectivity index (χ1) is 16.7. The van der Waals surface area contributed by atoms with Crippen LogP contribution in [0.4, 0.5) is 5.69 Å². The lowest BCUT2D eigenvalue weighted by molar-refractivity contribution is 0.0988. The van der Waals surface area contributed by atoms with Crippen LogP contribution in [0.3, 0.4) is 0 Å². The summed E-state index contributed by atoms with van der Waals surface area (Å²) in [7, 11) is 0. The maximum Gasteiger partial charge on any atom is 0.162 e. The maximum absolute atomic E-state index is 12.3. The molecule has 2 fully saturated rings. The van der Waals surface area contributed by atoms with Gasteiger partial charge < -0.3 is 4.90 Å². The molecule has 0 heterocycles. The van der Waals surface area contributed by atoms with E-state index in [1.54, 1.807) is 0 Å². The third kappa shape index (κ3) is 5.62. The normalized spacial score (nSPS) is 29.6. The smallest absolute Gasteiger partial charge is 0.162 e. The van der Waals surface area contributed by atoms with Gasteiger partial charge in [0.25, 0.3) is 0 Å². The van der Waals surface area contributed by atoms with Crippen LogP contribution in [0.5, 0.6) is 0 Å². The molecule has 0 N–H and O–H groups in total. The summed E-state index contributed by atoms with van der Waals surface area (Å²) in [5, 5.41) is 2.44. The van der Waals surface area contributed by atoms with E-state index in [0.717, 1.165) is 29.2 Å². The lowest BCUT2D eigenvalue weighted by Gasteiger charge is -2.53. The number of benzene rings is 2. The lowest BCUT2D eigenvalue weighted by atomic mass is 9.69. The molecule has 2 heteroatoms. The van der Waals surface area contributed by atoms with Gasteiger partial charge >= 0.3 is 0 Å². The molecule has 6 unspecified atom stereocenters. The summed E-state index contributed by atoms with van der Waals surface area (Å²) >= 11 is 0. The lowest BCUT2D eigenvalue weighted by Crippen LogP contribution is -2.55. The monoisotopic (exact) mass is 475 g/mol. The Bertz CT molecular complexity index is 975. The molecule has 2 nitrogen and oxygen atoms in total. The topological polar surface area (TPSA) is 20.3 Å². The van der Waals surface area contributed by atoms with E-state index < -0.39 is 0 Å².